The summed E-state index contributed by atoms with van der Waals surface area (Å²) in [7, 11) is 0. The SMILES string of the molecule is O=C(N[C@@H](c1ccc2c(c1)OCCO2)C1CC1)c1nc(Cl)ccc1Cl. The zero-order chi connectivity index (χ0) is 17.4. The summed E-state index contributed by atoms with van der Waals surface area (Å²) in [5.41, 5.74) is 1.12. The van der Waals surface area contributed by atoms with Gasteiger partial charge in [0.1, 0.15) is 24.1 Å². The minimum Gasteiger partial charge on any atom is -0.486 e. The molecule has 0 bridgehead atoms. The quantitative estimate of drug-likeness (QED) is 0.815. The number of rotatable bonds is 4. The number of halogens is 2. The summed E-state index contributed by atoms with van der Waals surface area (Å²) in [6, 6.07) is 8.78. The molecule has 1 N–H and O–H groups in total. The molecular weight excluding hydrogens is 363 g/mol. The molecule has 1 aromatic carbocycles. The third kappa shape index (κ3) is 3.53. The zero-order valence-corrected chi connectivity index (χ0v) is 14.8. The summed E-state index contributed by atoms with van der Waals surface area (Å²) in [5, 5.41) is 3.56. The number of amides is 1. The maximum atomic E-state index is 12.6. The van der Waals surface area contributed by atoms with E-state index in [0.29, 0.717) is 24.9 Å². The molecule has 1 aromatic heterocycles. The fourth-order valence-corrected chi connectivity index (χ4v) is 3.28. The number of hydrogen-bond donors (Lipinski definition) is 1. The van der Waals surface area contributed by atoms with Gasteiger partial charge in [0.2, 0.25) is 0 Å². The maximum Gasteiger partial charge on any atom is 0.271 e. The fourth-order valence-electron chi connectivity index (χ4n) is 2.94. The number of nitrogens with zero attached hydrogens (tertiary/aromatic N) is 1. The minimum absolute atomic E-state index is 0.125. The average Bonchev–Trinajstić information content (AvgIpc) is 3.46. The first kappa shape index (κ1) is 16.5. The Morgan fingerprint density at radius 3 is 2.64 bits per heavy atom. The van der Waals surface area contributed by atoms with Crippen molar-refractivity contribution in [3.8, 4) is 11.5 Å². The lowest BCUT2D eigenvalue weighted by molar-refractivity contribution is 0.0926. The van der Waals surface area contributed by atoms with Gasteiger partial charge in [-0.1, -0.05) is 29.3 Å². The Balaban J connectivity index is 1.60. The van der Waals surface area contributed by atoms with Gasteiger partial charge in [-0.3, -0.25) is 4.79 Å². The van der Waals surface area contributed by atoms with Crippen LogP contribution >= 0.6 is 23.2 Å². The van der Waals surface area contributed by atoms with Gasteiger partial charge in [0, 0.05) is 0 Å². The number of hydrogen-bond acceptors (Lipinski definition) is 4. The van der Waals surface area contributed by atoms with Gasteiger partial charge in [0.25, 0.3) is 5.91 Å². The summed E-state index contributed by atoms with van der Waals surface area (Å²) >= 11 is 12.0. The predicted octanol–water partition coefficient (Wildman–Crippen LogP) is 4.04. The number of pyridine rings is 1. The van der Waals surface area contributed by atoms with Crippen LogP contribution in [0.3, 0.4) is 0 Å². The number of fused-ring (bicyclic) bond motifs is 1. The number of aromatic nitrogens is 1. The number of carbonyl (C=O) groups is 1. The highest BCUT2D eigenvalue weighted by Gasteiger charge is 2.34. The number of ether oxygens (including phenoxy) is 2. The largest absolute Gasteiger partial charge is 0.486 e. The Hall–Kier alpha value is -1.98. The van der Waals surface area contributed by atoms with Crippen LogP contribution in [0.25, 0.3) is 0 Å². The number of carbonyl (C=O) groups excluding carboxylic acids is 1. The van der Waals surface area contributed by atoms with Gasteiger partial charge < -0.3 is 14.8 Å². The Labute approximate surface area is 155 Å². The predicted molar refractivity (Wildman–Crippen MR) is 94.6 cm³/mol. The van der Waals surface area contributed by atoms with Crippen molar-refractivity contribution < 1.29 is 14.3 Å². The van der Waals surface area contributed by atoms with Crippen molar-refractivity contribution in [2.24, 2.45) is 5.92 Å². The normalized spacial score (nSPS) is 17.0. The molecular formula is C18H16Cl2N2O3. The lowest BCUT2D eigenvalue weighted by Crippen LogP contribution is -2.31. The maximum absolute atomic E-state index is 12.6. The van der Waals surface area contributed by atoms with E-state index >= 15 is 0 Å². The molecule has 2 aromatic rings. The van der Waals surface area contributed by atoms with Gasteiger partial charge >= 0.3 is 0 Å². The van der Waals surface area contributed by atoms with Crippen LogP contribution in [0.15, 0.2) is 30.3 Å². The Bertz CT molecular complexity index is 824. The minimum atomic E-state index is -0.334. The molecule has 0 spiro atoms. The molecule has 2 heterocycles. The van der Waals surface area contributed by atoms with Crippen molar-refractivity contribution in [2.75, 3.05) is 13.2 Å². The van der Waals surface area contributed by atoms with Crippen LogP contribution in [-0.4, -0.2) is 24.1 Å². The van der Waals surface area contributed by atoms with Crippen LogP contribution in [0.1, 0.15) is 34.9 Å². The van der Waals surface area contributed by atoms with Crippen molar-refractivity contribution >= 4 is 29.1 Å². The average molecular weight is 379 g/mol. The molecule has 7 heteroatoms. The third-order valence-corrected chi connectivity index (χ3v) is 4.85. The highest BCUT2D eigenvalue weighted by molar-refractivity contribution is 6.34. The second kappa shape index (κ2) is 6.73. The van der Waals surface area contributed by atoms with Gasteiger partial charge in [-0.25, -0.2) is 4.98 Å². The van der Waals surface area contributed by atoms with E-state index in [1.54, 1.807) is 12.1 Å². The second-order valence-electron chi connectivity index (χ2n) is 6.16. The van der Waals surface area contributed by atoms with E-state index < -0.39 is 0 Å². The van der Waals surface area contributed by atoms with Crippen LogP contribution in [0.5, 0.6) is 11.5 Å². The monoisotopic (exact) mass is 378 g/mol. The molecule has 1 fully saturated rings. The van der Waals surface area contributed by atoms with E-state index in [1.807, 2.05) is 18.2 Å². The topological polar surface area (TPSA) is 60.5 Å². The van der Waals surface area contributed by atoms with Gasteiger partial charge in [0.05, 0.1) is 11.1 Å². The van der Waals surface area contributed by atoms with Gasteiger partial charge in [-0.2, -0.15) is 0 Å². The van der Waals surface area contributed by atoms with Crippen molar-refractivity contribution in [2.45, 2.75) is 18.9 Å². The number of benzene rings is 1. The van der Waals surface area contributed by atoms with Crippen molar-refractivity contribution in [3.05, 3.63) is 51.8 Å². The molecule has 0 radical (unpaired) electrons. The fraction of sp³-hybridized carbons (Fsp3) is 0.333. The van der Waals surface area contributed by atoms with E-state index in [4.69, 9.17) is 32.7 Å². The van der Waals surface area contributed by atoms with Gasteiger partial charge in [-0.15, -0.1) is 0 Å². The smallest absolute Gasteiger partial charge is 0.271 e. The Morgan fingerprint density at radius 2 is 1.88 bits per heavy atom. The van der Waals surface area contributed by atoms with Crippen LogP contribution in [0.2, 0.25) is 10.2 Å². The number of nitrogens with one attached hydrogen (secondary N) is 1. The van der Waals surface area contributed by atoms with Gasteiger partial charge in [-0.05, 0) is 48.6 Å². The highest BCUT2D eigenvalue weighted by atomic mass is 35.5. The van der Waals surface area contributed by atoms with E-state index in [0.717, 1.165) is 24.2 Å². The summed E-state index contributed by atoms with van der Waals surface area (Å²) in [5.74, 6) is 1.50. The second-order valence-corrected chi connectivity index (χ2v) is 6.95. The Morgan fingerprint density at radius 1 is 1.12 bits per heavy atom. The lowest BCUT2D eigenvalue weighted by Gasteiger charge is -2.23. The molecule has 2 aliphatic rings. The first-order valence-corrected chi connectivity index (χ1v) is 8.90. The molecule has 4 rings (SSSR count). The lowest BCUT2D eigenvalue weighted by atomic mass is 10.0. The van der Waals surface area contributed by atoms with Crippen LogP contribution in [-0.2, 0) is 0 Å². The first-order chi connectivity index (χ1) is 12.1. The van der Waals surface area contributed by atoms with Crippen LogP contribution < -0.4 is 14.8 Å². The van der Waals surface area contributed by atoms with Crippen LogP contribution in [0, 0.1) is 5.92 Å². The third-order valence-electron chi connectivity index (χ3n) is 4.33. The van der Waals surface area contributed by atoms with Crippen molar-refractivity contribution in [3.63, 3.8) is 0 Å². The van der Waals surface area contributed by atoms with Crippen molar-refractivity contribution in [1.29, 1.82) is 0 Å². The molecule has 5 nitrogen and oxygen atoms in total. The standard InChI is InChI=1S/C18H16Cl2N2O3/c19-12-4-6-15(20)21-17(12)18(23)22-16(10-1-2-10)11-3-5-13-14(9-11)25-8-7-24-13/h3-6,9-10,16H,1-2,7-8H2,(H,22,23)/t16-/m1/s1. The van der Waals surface area contributed by atoms with E-state index in [-0.39, 0.29) is 27.8 Å². The Kier molecular flexibility index (Phi) is 4.44. The van der Waals surface area contributed by atoms with E-state index in [9.17, 15) is 4.79 Å². The molecule has 1 aliphatic heterocycles. The zero-order valence-electron chi connectivity index (χ0n) is 13.3. The van der Waals surface area contributed by atoms with Crippen LogP contribution in [0.4, 0.5) is 0 Å². The summed E-state index contributed by atoms with van der Waals surface area (Å²) < 4.78 is 11.2. The molecule has 0 saturated heterocycles. The molecule has 1 amide bonds. The highest BCUT2D eigenvalue weighted by Crippen LogP contribution is 2.43. The summed E-state index contributed by atoms with van der Waals surface area (Å²) in [4.78, 5) is 16.7. The summed E-state index contributed by atoms with van der Waals surface area (Å²) in [6.45, 7) is 1.08. The first-order valence-electron chi connectivity index (χ1n) is 8.14. The molecule has 1 saturated carbocycles. The molecule has 25 heavy (non-hydrogen) atoms. The van der Waals surface area contributed by atoms with Gasteiger partial charge in [0.15, 0.2) is 11.5 Å². The molecule has 130 valence electrons. The molecule has 1 atom stereocenters. The summed E-state index contributed by atoms with van der Waals surface area (Å²) in [6.07, 6.45) is 2.13. The molecule has 0 unspecified atom stereocenters. The molecule has 1 aliphatic carbocycles. The van der Waals surface area contributed by atoms with E-state index in [1.165, 1.54) is 0 Å². The van der Waals surface area contributed by atoms with E-state index in [2.05, 4.69) is 10.3 Å². The van der Waals surface area contributed by atoms with Crippen molar-refractivity contribution in [1.82, 2.24) is 10.3 Å².